The Morgan fingerprint density at radius 3 is 2.22 bits per heavy atom. The van der Waals surface area contributed by atoms with Crippen molar-refractivity contribution in [3.63, 3.8) is 0 Å². The van der Waals surface area contributed by atoms with Gasteiger partial charge in [0, 0.05) is 20.0 Å². The van der Waals surface area contributed by atoms with Crippen LogP contribution in [0.25, 0.3) is 0 Å². The predicted molar refractivity (Wildman–Crippen MR) is 107 cm³/mol. The minimum atomic E-state index is -3.58. The molecule has 1 aliphatic carbocycles. The van der Waals surface area contributed by atoms with E-state index in [1.807, 2.05) is 0 Å². The topological polar surface area (TPSA) is 75.7 Å². The molecule has 7 heteroatoms. The molecule has 1 amide bonds. The maximum absolute atomic E-state index is 12.8. The normalized spacial score (nSPS) is 21.1. The number of rotatable bonds is 5. The van der Waals surface area contributed by atoms with Gasteiger partial charge in [-0.2, -0.15) is 0 Å². The lowest BCUT2D eigenvalue weighted by Crippen LogP contribution is -2.31. The predicted octanol–water partition coefficient (Wildman–Crippen LogP) is 3.74. The van der Waals surface area contributed by atoms with Crippen molar-refractivity contribution in [2.45, 2.75) is 51.3 Å². The van der Waals surface area contributed by atoms with Crippen LogP contribution in [0.3, 0.4) is 0 Å². The van der Waals surface area contributed by atoms with Crippen LogP contribution in [-0.4, -0.2) is 39.8 Å². The van der Waals surface area contributed by atoms with E-state index in [-0.39, 0.29) is 22.1 Å². The van der Waals surface area contributed by atoms with E-state index < -0.39 is 10.0 Å². The molecule has 2 rings (SSSR count). The molecule has 0 atom stereocenters. The molecule has 27 heavy (non-hydrogen) atoms. The summed E-state index contributed by atoms with van der Waals surface area (Å²) in [6, 6.07) is 4.52. The Balaban J connectivity index is 2.16. The van der Waals surface area contributed by atoms with Crippen LogP contribution in [0.4, 0.5) is 5.69 Å². The SMILES string of the molecule is COc1ccc(S(=O)(=O)N(C)C)cc1NC(=O)C1CCC(C(C)(C)C)CC1. The summed E-state index contributed by atoms with van der Waals surface area (Å²) >= 11 is 0. The number of anilines is 1. The highest BCUT2D eigenvalue weighted by Gasteiger charge is 2.32. The van der Waals surface area contributed by atoms with Crippen molar-refractivity contribution < 1.29 is 17.9 Å². The minimum absolute atomic E-state index is 0.0533. The smallest absolute Gasteiger partial charge is 0.242 e. The number of carbonyl (C=O) groups excluding carboxylic acids is 1. The Morgan fingerprint density at radius 2 is 1.74 bits per heavy atom. The first-order valence-electron chi connectivity index (χ1n) is 9.38. The van der Waals surface area contributed by atoms with E-state index >= 15 is 0 Å². The summed E-state index contributed by atoms with van der Waals surface area (Å²) in [7, 11) is 0.873. The van der Waals surface area contributed by atoms with Crippen LogP contribution in [0, 0.1) is 17.3 Å². The van der Waals surface area contributed by atoms with Gasteiger partial charge in [-0.05, 0) is 55.2 Å². The Bertz CT molecular complexity index is 774. The zero-order valence-corrected chi connectivity index (χ0v) is 18.0. The molecule has 152 valence electrons. The fourth-order valence-electron chi connectivity index (χ4n) is 3.61. The van der Waals surface area contributed by atoms with Crippen LogP contribution in [0.1, 0.15) is 46.5 Å². The molecule has 0 radical (unpaired) electrons. The Morgan fingerprint density at radius 1 is 1.15 bits per heavy atom. The molecule has 1 saturated carbocycles. The van der Waals surface area contributed by atoms with Crippen LogP contribution in [0.15, 0.2) is 23.1 Å². The van der Waals surface area contributed by atoms with Crippen molar-refractivity contribution in [2.24, 2.45) is 17.3 Å². The summed E-state index contributed by atoms with van der Waals surface area (Å²) in [4.78, 5) is 12.9. The van der Waals surface area contributed by atoms with Gasteiger partial charge in [-0.25, -0.2) is 12.7 Å². The number of carbonyl (C=O) groups is 1. The molecule has 1 aromatic carbocycles. The van der Waals surface area contributed by atoms with Crippen LogP contribution in [0.5, 0.6) is 5.75 Å². The van der Waals surface area contributed by atoms with Gasteiger partial charge < -0.3 is 10.1 Å². The van der Waals surface area contributed by atoms with Gasteiger partial charge >= 0.3 is 0 Å². The van der Waals surface area contributed by atoms with E-state index in [1.54, 1.807) is 6.07 Å². The average molecular weight is 397 g/mol. The van der Waals surface area contributed by atoms with Crippen LogP contribution < -0.4 is 10.1 Å². The summed E-state index contributed by atoms with van der Waals surface area (Å²) in [5.74, 6) is 0.955. The van der Waals surface area contributed by atoms with Gasteiger partial charge in [0.25, 0.3) is 0 Å². The molecule has 0 heterocycles. The van der Waals surface area contributed by atoms with Crippen molar-refractivity contribution in [3.8, 4) is 5.75 Å². The number of methoxy groups -OCH3 is 1. The maximum atomic E-state index is 12.8. The van der Waals surface area contributed by atoms with Crippen molar-refractivity contribution in [1.29, 1.82) is 0 Å². The van der Waals surface area contributed by atoms with Gasteiger partial charge in [0.15, 0.2) is 0 Å². The first-order valence-corrected chi connectivity index (χ1v) is 10.8. The molecule has 1 aliphatic rings. The molecule has 1 aromatic rings. The number of ether oxygens (including phenoxy) is 1. The highest BCUT2D eigenvalue weighted by molar-refractivity contribution is 7.89. The molecule has 0 aliphatic heterocycles. The summed E-state index contributed by atoms with van der Waals surface area (Å²) in [5.41, 5.74) is 0.655. The molecule has 6 nitrogen and oxygen atoms in total. The van der Waals surface area contributed by atoms with E-state index in [4.69, 9.17) is 4.74 Å². The second kappa shape index (κ2) is 8.19. The lowest BCUT2D eigenvalue weighted by atomic mass is 9.69. The molecular weight excluding hydrogens is 364 g/mol. The first-order chi connectivity index (χ1) is 12.5. The second-order valence-corrected chi connectivity index (χ2v) is 10.7. The van der Waals surface area contributed by atoms with Crippen molar-refractivity contribution in [3.05, 3.63) is 18.2 Å². The zero-order valence-electron chi connectivity index (χ0n) is 17.2. The number of sulfonamides is 1. The second-order valence-electron chi connectivity index (χ2n) is 8.55. The van der Waals surface area contributed by atoms with Gasteiger partial charge in [0.05, 0.1) is 17.7 Å². The number of nitrogens with zero attached hydrogens (tertiary/aromatic N) is 1. The summed E-state index contributed by atoms with van der Waals surface area (Å²) in [5, 5.41) is 2.89. The summed E-state index contributed by atoms with van der Waals surface area (Å²) in [6.45, 7) is 6.75. The molecular formula is C20H32N2O4S. The monoisotopic (exact) mass is 396 g/mol. The molecule has 1 fully saturated rings. The highest BCUT2D eigenvalue weighted by Crippen LogP contribution is 2.40. The number of hydrogen-bond acceptors (Lipinski definition) is 4. The average Bonchev–Trinajstić information content (AvgIpc) is 2.60. The van der Waals surface area contributed by atoms with E-state index in [2.05, 4.69) is 26.1 Å². The molecule has 0 unspecified atom stereocenters. The van der Waals surface area contributed by atoms with Gasteiger partial charge in [-0.3, -0.25) is 4.79 Å². The molecule has 0 spiro atoms. The van der Waals surface area contributed by atoms with Gasteiger partial charge in [-0.15, -0.1) is 0 Å². The van der Waals surface area contributed by atoms with Crippen molar-refractivity contribution >= 4 is 21.6 Å². The minimum Gasteiger partial charge on any atom is -0.495 e. The quantitative estimate of drug-likeness (QED) is 0.823. The lowest BCUT2D eigenvalue weighted by molar-refractivity contribution is -0.121. The first kappa shape index (κ1) is 21.7. The van der Waals surface area contributed by atoms with E-state index in [1.165, 1.54) is 33.3 Å². The fourth-order valence-corrected chi connectivity index (χ4v) is 4.54. The van der Waals surface area contributed by atoms with E-state index in [0.29, 0.717) is 17.4 Å². The number of benzene rings is 1. The summed E-state index contributed by atoms with van der Waals surface area (Å²) < 4.78 is 31.2. The van der Waals surface area contributed by atoms with Crippen LogP contribution >= 0.6 is 0 Å². The molecule has 0 saturated heterocycles. The number of hydrogen-bond donors (Lipinski definition) is 1. The third kappa shape index (κ3) is 5.02. The van der Waals surface area contributed by atoms with E-state index in [9.17, 15) is 13.2 Å². The summed E-state index contributed by atoms with van der Waals surface area (Å²) in [6.07, 6.45) is 3.78. The Labute approximate surface area is 163 Å². The van der Waals surface area contributed by atoms with Gasteiger partial charge in [0.2, 0.25) is 15.9 Å². The zero-order chi connectivity index (χ0) is 20.4. The third-order valence-electron chi connectivity index (χ3n) is 5.53. The van der Waals surface area contributed by atoms with Crippen molar-refractivity contribution in [1.82, 2.24) is 4.31 Å². The van der Waals surface area contributed by atoms with Crippen LogP contribution in [0.2, 0.25) is 0 Å². The Kier molecular flexibility index (Phi) is 6.58. The largest absolute Gasteiger partial charge is 0.495 e. The standard InChI is InChI=1S/C20H32N2O4S/c1-20(2,3)15-9-7-14(8-10-15)19(23)21-17-13-16(11-12-18(17)26-6)27(24,25)22(4)5/h11-15H,7-10H2,1-6H3,(H,21,23). The third-order valence-corrected chi connectivity index (χ3v) is 7.34. The van der Waals surface area contributed by atoms with Gasteiger partial charge in [-0.1, -0.05) is 20.8 Å². The van der Waals surface area contributed by atoms with Crippen molar-refractivity contribution in [2.75, 3.05) is 26.5 Å². The number of amides is 1. The highest BCUT2D eigenvalue weighted by atomic mass is 32.2. The molecule has 0 aromatic heterocycles. The fraction of sp³-hybridized carbons (Fsp3) is 0.650. The number of nitrogens with one attached hydrogen (secondary N) is 1. The molecule has 0 bridgehead atoms. The molecule has 1 N–H and O–H groups in total. The van der Waals surface area contributed by atoms with Gasteiger partial charge in [0.1, 0.15) is 5.75 Å². The lowest BCUT2D eigenvalue weighted by Gasteiger charge is -2.36. The maximum Gasteiger partial charge on any atom is 0.242 e. The van der Waals surface area contributed by atoms with E-state index in [0.717, 1.165) is 30.0 Å². The Hall–Kier alpha value is -1.60. The van der Waals surface area contributed by atoms with Crippen LogP contribution in [-0.2, 0) is 14.8 Å².